The summed E-state index contributed by atoms with van der Waals surface area (Å²) in [6, 6.07) is 0. The lowest BCUT2D eigenvalue weighted by Crippen LogP contribution is -2.35. The minimum absolute atomic E-state index is 0.100. The van der Waals surface area contributed by atoms with Gasteiger partial charge in [0.1, 0.15) is 0 Å². The van der Waals surface area contributed by atoms with E-state index in [0.29, 0.717) is 18.1 Å². The van der Waals surface area contributed by atoms with Crippen LogP contribution in [0.5, 0.6) is 0 Å². The molecule has 126 valence electrons. The Morgan fingerprint density at radius 3 is 2.83 bits per heavy atom. The highest BCUT2D eigenvalue weighted by molar-refractivity contribution is 7.15. The Balaban J connectivity index is 1.52. The van der Waals surface area contributed by atoms with Crippen LogP contribution in [0.4, 0.5) is 5.13 Å². The molecular formula is C17H25N3O2S. The molecule has 2 heterocycles. The van der Waals surface area contributed by atoms with Gasteiger partial charge in [-0.25, -0.2) is 4.98 Å². The molecule has 0 aromatic carbocycles. The molecule has 1 N–H and O–H groups in total. The summed E-state index contributed by atoms with van der Waals surface area (Å²) in [5.74, 6) is 0.926. The van der Waals surface area contributed by atoms with Crippen molar-refractivity contribution in [2.75, 3.05) is 11.9 Å². The van der Waals surface area contributed by atoms with Gasteiger partial charge in [-0.05, 0) is 12.3 Å². The van der Waals surface area contributed by atoms with Gasteiger partial charge in [-0.3, -0.25) is 9.59 Å². The maximum atomic E-state index is 12.5. The molecule has 2 aliphatic rings. The van der Waals surface area contributed by atoms with Gasteiger partial charge >= 0.3 is 0 Å². The van der Waals surface area contributed by atoms with E-state index in [-0.39, 0.29) is 11.8 Å². The molecule has 1 fully saturated rings. The fourth-order valence-corrected chi connectivity index (χ4v) is 4.64. The normalized spacial score (nSPS) is 18.6. The number of nitrogens with one attached hydrogen (secondary N) is 1. The maximum absolute atomic E-state index is 12.5. The second-order valence-corrected chi connectivity index (χ2v) is 7.76. The maximum Gasteiger partial charge on any atom is 0.223 e. The molecule has 0 spiro atoms. The molecule has 0 unspecified atom stereocenters. The molecule has 2 amide bonds. The Morgan fingerprint density at radius 1 is 1.30 bits per heavy atom. The van der Waals surface area contributed by atoms with E-state index < -0.39 is 0 Å². The molecule has 0 radical (unpaired) electrons. The summed E-state index contributed by atoms with van der Waals surface area (Å²) < 4.78 is 0. The molecule has 1 aromatic heterocycles. The van der Waals surface area contributed by atoms with Gasteiger partial charge in [-0.2, -0.15) is 0 Å². The van der Waals surface area contributed by atoms with Gasteiger partial charge in [0.05, 0.1) is 12.2 Å². The lowest BCUT2D eigenvalue weighted by Gasteiger charge is -2.27. The average molecular weight is 335 g/mol. The number of aromatic nitrogens is 1. The number of amides is 2. The van der Waals surface area contributed by atoms with Crippen molar-refractivity contribution in [3.63, 3.8) is 0 Å². The van der Waals surface area contributed by atoms with Crippen LogP contribution in [0.3, 0.4) is 0 Å². The molecule has 1 aromatic rings. The quantitative estimate of drug-likeness (QED) is 0.918. The minimum atomic E-state index is -0.100. The summed E-state index contributed by atoms with van der Waals surface area (Å²) in [6.07, 6.45) is 9.14. The predicted octanol–water partition coefficient (Wildman–Crippen LogP) is 3.35. The topological polar surface area (TPSA) is 62.3 Å². The van der Waals surface area contributed by atoms with Crippen LogP contribution < -0.4 is 5.32 Å². The van der Waals surface area contributed by atoms with Gasteiger partial charge in [-0.15, -0.1) is 0 Å². The van der Waals surface area contributed by atoms with Crippen LogP contribution in [-0.2, 0) is 22.6 Å². The van der Waals surface area contributed by atoms with Crippen LogP contribution in [0.1, 0.15) is 62.4 Å². The summed E-state index contributed by atoms with van der Waals surface area (Å²) in [7, 11) is 0. The number of rotatable bonds is 4. The van der Waals surface area contributed by atoms with Crippen molar-refractivity contribution in [1.29, 1.82) is 0 Å². The Labute approximate surface area is 141 Å². The molecule has 1 aliphatic carbocycles. The SMILES string of the molecule is CC(=O)Nc1nc2c(s1)CN(C(=O)CCC1CCCCC1)CC2. The lowest BCUT2D eigenvalue weighted by atomic mass is 9.86. The number of fused-ring (bicyclic) bond motifs is 1. The third-order valence-electron chi connectivity index (χ3n) is 4.86. The number of hydrogen-bond donors (Lipinski definition) is 1. The van der Waals surface area contributed by atoms with E-state index in [1.807, 2.05) is 4.90 Å². The first kappa shape index (κ1) is 16.4. The van der Waals surface area contributed by atoms with Crippen molar-refractivity contribution >= 4 is 28.3 Å². The second kappa shape index (κ2) is 7.43. The Kier molecular flexibility index (Phi) is 5.30. The standard InChI is InChI=1S/C17H25N3O2S/c1-12(21)18-17-19-14-9-10-20(11-15(14)23-17)16(22)8-7-13-5-3-2-4-6-13/h13H,2-11H2,1H3,(H,18,19,21). The summed E-state index contributed by atoms with van der Waals surface area (Å²) in [5, 5.41) is 3.39. The lowest BCUT2D eigenvalue weighted by molar-refractivity contribution is -0.132. The van der Waals surface area contributed by atoms with Gasteiger partial charge in [0, 0.05) is 31.2 Å². The highest BCUT2D eigenvalue weighted by atomic mass is 32.1. The number of carbonyl (C=O) groups is 2. The molecule has 1 aliphatic heterocycles. The summed E-state index contributed by atoms with van der Waals surface area (Å²) in [6.45, 7) is 2.89. The Bertz CT molecular complexity index is 578. The highest BCUT2D eigenvalue weighted by Gasteiger charge is 2.25. The van der Waals surface area contributed by atoms with Crippen molar-refractivity contribution in [2.24, 2.45) is 5.92 Å². The number of hydrogen-bond acceptors (Lipinski definition) is 4. The van der Waals surface area contributed by atoms with Crippen LogP contribution in [0, 0.1) is 5.92 Å². The second-order valence-electron chi connectivity index (χ2n) is 6.68. The Morgan fingerprint density at radius 2 is 2.09 bits per heavy atom. The largest absolute Gasteiger partial charge is 0.337 e. The molecule has 0 bridgehead atoms. The molecule has 23 heavy (non-hydrogen) atoms. The van der Waals surface area contributed by atoms with E-state index >= 15 is 0 Å². The first-order valence-corrected chi connectivity index (χ1v) is 9.47. The van der Waals surface area contributed by atoms with Crippen molar-refractivity contribution in [3.05, 3.63) is 10.6 Å². The molecular weight excluding hydrogens is 310 g/mol. The van der Waals surface area contributed by atoms with Gasteiger partial charge < -0.3 is 10.2 Å². The van der Waals surface area contributed by atoms with Crippen LogP contribution >= 0.6 is 11.3 Å². The van der Waals surface area contributed by atoms with Gasteiger partial charge in [0.2, 0.25) is 11.8 Å². The third kappa shape index (κ3) is 4.31. The van der Waals surface area contributed by atoms with Crippen LogP contribution in [0.15, 0.2) is 0 Å². The molecule has 0 atom stereocenters. The highest BCUT2D eigenvalue weighted by Crippen LogP contribution is 2.30. The number of anilines is 1. The minimum Gasteiger partial charge on any atom is -0.337 e. The van der Waals surface area contributed by atoms with Gasteiger partial charge in [0.25, 0.3) is 0 Å². The van der Waals surface area contributed by atoms with E-state index in [2.05, 4.69) is 10.3 Å². The van der Waals surface area contributed by atoms with E-state index in [0.717, 1.165) is 35.9 Å². The smallest absolute Gasteiger partial charge is 0.223 e. The average Bonchev–Trinajstić information content (AvgIpc) is 2.94. The molecule has 5 nitrogen and oxygen atoms in total. The fraction of sp³-hybridized carbons (Fsp3) is 0.706. The first-order valence-electron chi connectivity index (χ1n) is 8.66. The zero-order valence-electron chi connectivity index (χ0n) is 13.8. The van der Waals surface area contributed by atoms with Crippen molar-refractivity contribution in [2.45, 2.75) is 64.8 Å². The van der Waals surface area contributed by atoms with E-state index in [1.54, 1.807) is 0 Å². The van der Waals surface area contributed by atoms with Crippen LogP contribution in [-0.4, -0.2) is 28.2 Å². The third-order valence-corrected chi connectivity index (χ3v) is 5.86. The van der Waals surface area contributed by atoms with E-state index in [9.17, 15) is 9.59 Å². The van der Waals surface area contributed by atoms with E-state index in [4.69, 9.17) is 0 Å². The van der Waals surface area contributed by atoms with Crippen molar-refractivity contribution in [3.8, 4) is 0 Å². The predicted molar refractivity (Wildman–Crippen MR) is 91.3 cm³/mol. The molecule has 6 heteroatoms. The summed E-state index contributed by atoms with van der Waals surface area (Å²) in [5.41, 5.74) is 1.04. The van der Waals surface area contributed by atoms with Gasteiger partial charge in [0.15, 0.2) is 5.13 Å². The summed E-state index contributed by atoms with van der Waals surface area (Å²) >= 11 is 1.49. The molecule has 1 saturated carbocycles. The first-order chi connectivity index (χ1) is 11.1. The number of nitrogens with zero attached hydrogens (tertiary/aromatic N) is 2. The molecule has 0 saturated heterocycles. The van der Waals surface area contributed by atoms with Gasteiger partial charge in [-0.1, -0.05) is 43.4 Å². The monoisotopic (exact) mass is 335 g/mol. The van der Waals surface area contributed by atoms with Crippen LogP contribution in [0.2, 0.25) is 0 Å². The summed E-state index contributed by atoms with van der Waals surface area (Å²) in [4.78, 5) is 31.1. The van der Waals surface area contributed by atoms with Crippen molar-refractivity contribution < 1.29 is 9.59 Å². The zero-order chi connectivity index (χ0) is 16.2. The molecule has 3 rings (SSSR count). The van der Waals surface area contributed by atoms with Crippen LogP contribution in [0.25, 0.3) is 0 Å². The zero-order valence-corrected chi connectivity index (χ0v) is 14.6. The Hall–Kier alpha value is -1.43. The number of carbonyl (C=O) groups excluding carboxylic acids is 2. The van der Waals surface area contributed by atoms with Crippen molar-refractivity contribution in [1.82, 2.24) is 9.88 Å². The van der Waals surface area contributed by atoms with E-state index in [1.165, 1.54) is 50.4 Å². The fourth-order valence-electron chi connectivity index (χ4n) is 3.57. The number of thiazole rings is 1.